The van der Waals surface area contributed by atoms with Crippen LogP contribution in [0.25, 0.3) is 0 Å². The van der Waals surface area contributed by atoms with E-state index < -0.39 is 15.9 Å². The van der Waals surface area contributed by atoms with Crippen molar-refractivity contribution < 1.29 is 22.7 Å². The summed E-state index contributed by atoms with van der Waals surface area (Å²) in [6.45, 7) is 1.33. The molecule has 1 amide bonds. The molecule has 0 bridgehead atoms. The first kappa shape index (κ1) is 23.0. The van der Waals surface area contributed by atoms with E-state index in [2.05, 4.69) is 10.0 Å². The maximum atomic E-state index is 12.7. The zero-order valence-electron chi connectivity index (χ0n) is 18.1. The van der Waals surface area contributed by atoms with Crippen molar-refractivity contribution in [3.63, 3.8) is 0 Å². The van der Waals surface area contributed by atoms with Gasteiger partial charge in [0.2, 0.25) is 10.0 Å². The third-order valence-electron chi connectivity index (χ3n) is 5.29. The zero-order valence-corrected chi connectivity index (χ0v) is 18.9. The van der Waals surface area contributed by atoms with Crippen molar-refractivity contribution >= 4 is 21.6 Å². The SMILES string of the molecule is O=C(Nc1ccc(OCc2ccccc2)cc1)c1cccc(S(=O)(=O)NCC2CCCO2)c1. The van der Waals surface area contributed by atoms with Crippen LogP contribution in [0.2, 0.25) is 0 Å². The quantitative estimate of drug-likeness (QED) is 0.498. The van der Waals surface area contributed by atoms with Crippen LogP contribution < -0.4 is 14.8 Å². The number of rotatable bonds is 9. The number of nitrogens with one attached hydrogen (secondary N) is 2. The monoisotopic (exact) mass is 466 g/mol. The van der Waals surface area contributed by atoms with Gasteiger partial charge in [0.1, 0.15) is 12.4 Å². The topological polar surface area (TPSA) is 93.7 Å². The highest BCUT2D eigenvalue weighted by Crippen LogP contribution is 2.19. The van der Waals surface area contributed by atoms with Gasteiger partial charge in [-0.1, -0.05) is 36.4 Å². The van der Waals surface area contributed by atoms with Crippen molar-refractivity contribution in [2.45, 2.75) is 30.4 Å². The lowest BCUT2D eigenvalue weighted by Crippen LogP contribution is -2.32. The van der Waals surface area contributed by atoms with Gasteiger partial charge in [0, 0.05) is 24.4 Å². The molecule has 7 nitrogen and oxygen atoms in total. The predicted molar refractivity (Wildman–Crippen MR) is 126 cm³/mol. The molecule has 1 heterocycles. The number of carbonyl (C=O) groups is 1. The Morgan fingerprint density at radius 1 is 1.00 bits per heavy atom. The first-order chi connectivity index (χ1) is 16.0. The van der Waals surface area contributed by atoms with Gasteiger partial charge in [0.25, 0.3) is 5.91 Å². The molecule has 0 aromatic heterocycles. The Kier molecular flexibility index (Phi) is 7.39. The fourth-order valence-electron chi connectivity index (χ4n) is 3.47. The minimum absolute atomic E-state index is 0.0396. The third kappa shape index (κ3) is 6.41. The summed E-state index contributed by atoms with van der Waals surface area (Å²) in [7, 11) is -3.74. The van der Waals surface area contributed by atoms with Gasteiger partial charge < -0.3 is 14.8 Å². The van der Waals surface area contributed by atoms with Crippen LogP contribution in [0.15, 0.2) is 83.8 Å². The van der Waals surface area contributed by atoms with Crippen LogP contribution in [0.5, 0.6) is 5.75 Å². The van der Waals surface area contributed by atoms with E-state index in [9.17, 15) is 13.2 Å². The summed E-state index contributed by atoms with van der Waals surface area (Å²) in [5, 5.41) is 2.78. The van der Waals surface area contributed by atoms with Gasteiger partial charge in [0.05, 0.1) is 11.0 Å². The standard InChI is InChI=1S/C25H26N2O5S/c28-25(27-21-11-13-22(14-12-21)32-18-19-6-2-1-3-7-19)20-8-4-10-24(16-20)33(29,30)26-17-23-9-5-15-31-23/h1-4,6-8,10-14,16,23,26H,5,9,15,17-18H2,(H,27,28). The van der Waals surface area contributed by atoms with E-state index >= 15 is 0 Å². The van der Waals surface area contributed by atoms with E-state index in [-0.39, 0.29) is 23.1 Å². The van der Waals surface area contributed by atoms with E-state index in [4.69, 9.17) is 9.47 Å². The summed E-state index contributed by atoms with van der Waals surface area (Å²) < 4.78 is 39.0. The maximum absolute atomic E-state index is 12.7. The molecule has 3 aromatic carbocycles. The van der Waals surface area contributed by atoms with Gasteiger partial charge in [-0.15, -0.1) is 0 Å². The van der Waals surface area contributed by atoms with Crippen molar-refractivity contribution in [2.24, 2.45) is 0 Å². The lowest BCUT2D eigenvalue weighted by molar-refractivity contribution is 0.102. The number of benzene rings is 3. The highest BCUT2D eigenvalue weighted by molar-refractivity contribution is 7.89. The minimum Gasteiger partial charge on any atom is -0.489 e. The lowest BCUT2D eigenvalue weighted by atomic mass is 10.2. The summed E-state index contributed by atoms with van der Waals surface area (Å²) >= 11 is 0. The minimum atomic E-state index is -3.74. The molecule has 3 aromatic rings. The molecule has 1 aliphatic rings. The van der Waals surface area contributed by atoms with Gasteiger partial charge >= 0.3 is 0 Å². The van der Waals surface area contributed by atoms with Gasteiger partial charge in [-0.2, -0.15) is 0 Å². The fourth-order valence-corrected chi connectivity index (χ4v) is 4.59. The summed E-state index contributed by atoms with van der Waals surface area (Å²) in [5.74, 6) is 0.284. The van der Waals surface area contributed by atoms with E-state index in [1.165, 1.54) is 12.1 Å². The molecule has 2 N–H and O–H groups in total. The molecule has 1 fully saturated rings. The molecule has 0 spiro atoms. The Bertz CT molecular complexity index is 1170. The Labute approximate surface area is 193 Å². The number of sulfonamides is 1. The van der Waals surface area contributed by atoms with Gasteiger partial charge in [-0.05, 0) is 60.9 Å². The second kappa shape index (κ2) is 10.6. The Morgan fingerprint density at radius 2 is 1.79 bits per heavy atom. The number of carbonyl (C=O) groups excluding carboxylic acids is 1. The molecule has 4 rings (SSSR count). The van der Waals surface area contributed by atoms with Crippen LogP contribution in [-0.2, 0) is 21.4 Å². The molecule has 172 valence electrons. The average molecular weight is 467 g/mol. The normalized spacial score (nSPS) is 15.8. The zero-order chi connectivity index (χ0) is 23.1. The Balaban J connectivity index is 1.35. The number of hydrogen-bond acceptors (Lipinski definition) is 5. The third-order valence-corrected chi connectivity index (χ3v) is 6.71. The van der Waals surface area contributed by atoms with Gasteiger partial charge in [0.15, 0.2) is 0 Å². The molecular weight excluding hydrogens is 440 g/mol. The second-order valence-electron chi connectivity index (χ2n) is 7.77. The van der Waals surface area contributed by atoms with Crippen LogP contribution in [0.4, 0.5) is 5.69 Å². The number of amides is 1. The first-order valence-electron chi connectivity index (χ1n) is 10.8. The highest BCUT2D eigenvalue weighted by Gasteiger charge is 2.21. The molecule has 1 aliphatic heterocycles. The molecular formula is C25H26N2O5S. The summed E-state index contributed by atoms with van der Waals surface area (Å²) in [6, 6.07) is 22.8. The van der Waals surface area contributed by atoms with E-state index in [0.29, 0.717) is 24.7 Å². The van der Waals surface area contributed by atoms with Gasteiger partial charge in [-0.25, -0.2) is 13.1 Å². The van der Waals surface area contributed by atoms with Crippen molar-refractivity contribution in [2.75, 3.05) is 18.5 Å². The molecule has 33 heavy (non-hydrogen) atoms. The Hall–Kier alpha value is -3.20. The van der Waals surface area contributed by atoms with Gasteiger partial charge in [-0.3, -0.25) is 4.79 Å². The molecule has 0 radical (unpaired) electrons. The molecule has 1 saturated heterocycles. The van der Waals surface area contributed by atoms with Crippen LogP contribution in [-0.4, -0.2) is 33.6 Å². The van der Waals surface area contributed by atoms with E-state index in [0.717, 1.165) is 18.4 Å². The summed E-state index contributed by atoms with van der Waals surface area (Å²) in [6.07, 6.45) is 1.66. The molecule has 8 heteroatoms. The second-order valence-corrected chi connectivity index (χ2v) is 9.53. The first-order valence-corrected chi connectivity index (χ1v) is 12.3. The largest absolute Gasteiger partial charge is 0.489 e. The fraction of sp³-hybridized carbons (Fsp3) is 0.240. The molecule has 1 unspecified atom stereocenters. The number of ether oxygens (including phenoxy) is 2. The average Bonchev–Trinajstić information content (AvgIpc) is 3.37. The Morgan fingerprint density at radius 3 is 2.52 bits per heavy atom. The van der Waals surface area contributed by atoms with E-state index in [1.54, 1.807) is 36.4 Å². The molecule has 0 saturated carbocycles. The maximum Gasteiger partial charge on any atom is 0.255 e. The van der Waals surface area contributed by atoms with Crippen LogP contribution in [0.1, 0.15) is 28.8 Å². The smallest absolute Gasteiger partial charge is 0.255 e. The van der Waals surface area contributed by atoms with E-state index in [1.807, 2.05) is 30.3 Å². The lowest BCUT2D eigenvalue weighted by Gasteiger charge is -2.12. The van der Waals surface area contributed by atoms with Crippen molar-refractivity contribution in [1.29, 1.82) is 0 Å². The molecule has 1 atom stereocenters. The predicted octanol–water partition coefficient (Wildman–Crippen LogP) is 3.98. The highest BCUT2D eigenvalue weighted by atomic mass is 32.2. The van der Waals surface area contributed by atoms with Crippen molar-refractivity contribution in [1.82, 2.24) is 4.72 Å². The van der Waals surface area contributed by atoms with Crippen LogP contribution in [0.3, 0.4) is 0 Å². The summed E-state index contributed by atoms with van der Waals surface area (Å²) in [4.78, 5) is 12.7. The number of hydrogen-bond donors (Lipinski definition) is 2. The van der Waals surface area contributed by atoms with Crippen LogP contribution >= 0.6 is 0 Å². The summed E-state index contributed by atoms with van der Waals surface area (Å²) in [5.41, 5.74) is 1.89. The van der Waals surface area contributed by atoms with Crippen molar-refractivity contribution in [3.05, 3.63) is 90.0 Å². The van der Waals surface area contributed by atoms with Crippen molar-refractivity contribution in [3.8, 4) is 5.75 Å². The molecule has 0 aliphatic carbocycles. The van der Waals surface area contributed by atoms with Crippen LogP contribution in [0, 0.1) is 0 Å². The number of anilines is 1.